The molecule has 0 spiro atoms. The smallest absolute Gasteiger partial charge is 0.323 e. The average molecular weight is 250 g/mol. The molecule has 0 bridgehead atoms. The lowest BCUT2D eigenvalue weighted by Gasteiger charge is -2.30. The van der Waals surface area contributed by atoms with Gasteiger partial charge in [-0.1, -0.05) is 6.07 Å². The molecule has 1 aromatic rings. The van der Waals surface area contributed by atoms with Crippen molar-refractivity contribution in [2.75, 3.05) is 38.2 Å². The fourth-order valence-electron chi connectivity index (χ4n) is 2.07. The lowest BCUT2D eigenvalue weighted by molar-refractivity contribution is -0.135. The number of ether oxygens (including phenoxy) is 1. The summed E-state index contributed by atoms with van der Waals surface area (Å²) in [6.07, 6.45) is 0.921. The number of nitrogens with one attached hydrogen (secondary N) is 1. The predicted molar refractivity (Wildman–Crippen MR) is 69.4 cm³/mol. The topological polar surface area (TPSA) is 61.8 Å². The van der Waals surface area contributed by atoms with Gasteiger partial charge in [-0.05, 0) is 37.7 Å². The maximum absolute atomic E-state index is 10.8. The second kappa shape index (κ2) is 5.73. The molecule has 18 heavy (non-hydrogen) atoms. The van der Waals surface area contributed by atoms with Crippen molar-refractivity contribution in [3.05, 3.63) is 23.8 Å². The number of anilines is 1. The second-order valence-corrected chi connectivity index (χ2v) is 4.32. The minimum Gasteiger partial charge on any atom is -0.490 e. The number of nitrogens with zero attached hydrogens (tertiary/aromatic N) is 1. The number of hydrogen-bond acceptors (Lipinski definition) is 4. The van der Waals surface area contributed by atoms with Gasteiger partial charge in [0.2, 0.25) is 0 Å². The lowest BCUT2D eigenvalue weighted by Crippen LogP contribution is -2.36. The number of rotatable bonds is 5. The third-order valence-corrected chi connectivity index (χ3v) is 2.97. The van der Waals surface area contributed by atoms with E-state index in [4.69, 9.17) is 9.84 Å². The number of carbonyl (C=O) groups is 1. The fourth-order valence-corrected chi connectivity index (χ4v) is 2.07. The number of carboxylic acids is 1. The molecule has 0 unspecified atom stereocenters. The van der Waals surface area contributed by atoms with Gasteiger partial charge in [0.05, 0.1) is 12.2 Å². The number of hydrogen-bond donors (Lipinski definition) is 2. The molecule has 2 rings (SSSR count). The molecular formula is C13H18N2O3. The first-order valence-electron chi connectivity index (χ1n) is 6.08. The Balaban J connectivity index is 2.20. The fraction of sp³-hybridized carbons (Fsp3) is 0.462. The summed E-state index contributed by atoms with van der Waals surface area (Å²) in [5.41, 5.74) is 2.07. The summed E-state index contributed by atoms with van der Waals surface area (Å²) in [7, 11) is 1.91. The Morgan fingerprint density at radius 2 is 2.39 bits per heavy atom. The van der Waals surface area contributed by atoms with Gasteiger partial charge in [-0.25, -0.2) is 0 Å². The largest absolute Gasteiger partial charge is 0.490 e. The van der Waals surface area contributed by atoms with Crippen LogP contribution in [0.25, 0.3) is 0 Å². The molecule has 98 valence electrons. The number of carboxylic acid groups (broad SMARTS) is 1. The van der Waals surface area contributed by atoms with Crippen molar-refractivity contribution in [1.82, 2.24) is 5.32 Å². The summed E-state index contributed by atoms with van der Waals surface area (Å²) in [6.45, 7) is 2.08. The average Bonchev–Trinajstić information content (AvgIpc) is 2.36. The molecule has 5 nitrogen and oxygen atoms in total. The lowest BCUT2D eigenvalue weighted by atomic mass is 10.1. The van der Waals surface area contributed by atoms with E-state index in [0.29, 0.717) is 13.2 Å². The third kappa shape index (κ3) is 2.92. The zero-order valence-electron chi connectivity index (χ0n) is 10.5. The number of benzene rings is 1. The highest BCUT2D eigenvalue weighted by atomic mass is 16.5. The van der Waals surface area contributed by atoms with E-state index in [1.807, 2.05) is 30.1 Å². The standard InChI is InChI=1S/C13H18N2O3/c1-14-5-4-10-2-3-12-11(8-10)15(6-7-18-12)9-13(16)17/h2-3,8,14H,4-7,9H2,1H3,(H,16,17). The minimum absolute atomic E-state index is 0.0197. The molecule has 1 heterocycles. The Morgan fingerprint density at radius 3 is 3.11 bits per heavy atom. The molecule has 2 N–H and O–H groups in total. The monoisotopic (exact) mass is 250 g/mol. The second-order valence-electron chi connectivity index (χ2n) is 4.32. The van der Waals surface area contributed by atoms with Crippen molar-refractivity contribution in [2.45, 2.75) is 6.42 Å². The number of likely N-dealkylation sites (N-methyl/N-ethyl adjacent to an activating group) is 1. The van der Waals surface area contributed by atoms with Crippen molar-refractivity contribution in [3.8, 4) is 5.75 Å². The van der Waals surface area contributed by atoms with E-state index in [-0.39, 0.29) is 6.54 Å². The molecule has 0 saturated carbocycles. The van der Waals surface area contributed by atoms with Crippen LogP contribution in [0.5, 0.6) is 5.75 Å². The van der Waals surface area contributed by atoms with E-state index in [1.54, 1.807) is 0 Å². The Morgan fingerprint density at radius 1 is 1.56 bits per heavy atom. The highest BCUT2D eigenvalue weighted by Gasteiger charge is 2.20. The van der Waals surface area contributed by atoms with Gasteiger partial charge in [-0.3, -0.25) is 4.79 Å². The predicted octanol–water partition coefficient (Wildman–Crippen LogP) is 0.732. The SMILES string of the molecule is CNCCc1ccc2c(c1)N(CC(=O)O)CCO2. The molecule has 1 aromatic carbocycles. The van der Waals surface area contributed by atoms with Crippen molar-refractivity contribution < 1.29 is 14.6 Å². The maximum atomic E-state index is 10.8. The molecule has 0 fully saturated rings. The van der Waals surface area contributed by atoms with Crippen LogP contribution in [0.15, 0.2) is 18.2 Å². The van der Waals surface area contributed by atoms with Gasteiger partial charge in [0, 0.05) is 0 Å². The highest BCUT2D eigenvalue weighted by molar-refractivity contribution is 5.75. The summed E-state index contributed by atoms with van der Waals surface area (Å²) < 4.78 is 5.54. The maximum Gasteiger partial charge on any atom is 0.323 e. The zero-order valence-corrected chi connectivity index (χ0v) is 10.5. The van der Waals surface area contributed by atoms with Crippen molar-refractivity contribution >= 4 is 11.7 Å². The van der Waals surface area contributed by atoms with Crippen LogP contribution in [0.3, 0.4) is 0 Å². The molecule has 1 aliphatic rings. The van der Waals surface area contributed by atoms with Crippen LogP contribution in [0.2, 0.25) is 0 Å². The summed E-state index contributed by atoms with van der Waals surface area (Å²) in [4.78, 5) is 12.7. The Labute approximate surface area is 106 Å². The molecule has 0 atom stereocenters. The van der Waals surface area contributed by atoms with Crippen LogP contribution >= 0.6 is 0 Å². The van der Waals surface area contributed by atoms with E-state index >= 15 is 0 Å². The van der Waals surface area contributed by atoms with Gasteiger partial charge in [-0.2, -0.15) is 0 Å². The van der Waals surface area contributed by atoms with Gasteiger partial charge in [0.25, 0.3) is 0 Å². The van der Waals surface area contributed by atoms with Gasteiger partial charge in [-0.15, -0.1) is 0 Å². The minimum atomic E-state index is -0.816. The summed E-state index contributed by atoms with van der Waals surface area (Å²) in [5.74, 6) is -0.0424. The van der Waals surface area contributed by atoms with Crippen LogP contribution in [0.1, 0.15) is 5.56 Å². The molecular weight excluding hydrogens is 232 g/mol. The number of fused-ring (bicyclic) bond motifs is 1. The van der Waals surface area contributed by atoms with Crippen LogP contribution in [-0.4, -0.2) is 44.4 Å². The normalized spacial score (nSPS) is 13.9. The van der Waals surface area contributed by atoms with Crippen LogP contribution in [-0.2, 0) is 11.2 Å². The molecule has 0 amide bonds. The number of aliphatic carboxylic acids is 1. The summed E-state index contributed by atoms with van der Waals surface area (Å²) >= 11 is 0. The summed E-state index contributed by atoms with van der Waals surface area (Å²) in [5, 5.41) is 12.0. The molecule has 0 aliphatic carbocycles. The van der Waals surface area contributed by atoms with E-state index in [1.165, 1.54) is 5.56 Å². The molecule has 5 heteroatoms. The first-order valence-corrected chi connectivity index (χ1v) is 6.08. The summed E-state index contributed by atoms with van der Waals surface area (Å²) in [6, 6.07) is 5.98. The Kier molecular flexibility index (Phi) is 4.04. The van der Waals surface area contributed by atoms with E-state index < -0.39 is 5.97 Å². The molecule has 0 saturated heterocycles. The molecule has 0 aromatic heterocycles. The van der Waals surface area contributed by atoms with Crippen molar-refractivity contribution in [2.24, 2.45) is 0 Å². The quantitative estimate of drug-likeness (QED) is 0.806. The first kappa shape index (κ1) is 12.7. The highest BCUT2D eigenvalue weighted by Crippen LogP contribution is 2.32. The van der Waals surface area contributed by atoms with Crippen LogP contribution < -0.4 is 15.0 Å². The van der Waals surface area contributed by atoms with Crippen molar-refractivity contribution in [3.63, 3.8) is 0 Å². The van der Waals surface area contributed by atoms with E-state index in [0.717, 1.165) is 24.4 Å². The molecule has 1 aliphatic heterocycles. The first-order chi connectivity index (χ1) is 8.70. The van der Waals surface area contributed by atoms with E-state index in [9.17, 15) is 4.79 Å². The van der Waals surface area contributed by atoms with Crippen molar-refractivity contribution in [1.29, 1.82) is 0 Å². The van der Waals surface area contributed by atoms with Crippen LogP contribution in [0.4, 0.5) is 5.69 Å². The van der Waals surface area contributed by atoms with Gasteiger partial charge >= 0.3 is 5.97 Å². The van der Waals surface area contributed by atoms with E-state index in [2.05, 4.69) is 5.32 Å². The zero-order chi connectivity index (χ0) is 13.0. The third-order valence-electron chi connectivity index (χ3n) is 2.97. The molecule has 0 radical (unpaired) electrons. The Bertz CT molecular complexity index is 434. The van der Waals surface area contributed by atoms with Gasteiger partial charge in [0.15, 0.2) is 0 Å². The van der Waals surface area contributed by atoms with Crippen LogP contribution in [0, 0.1) is 0 Å². The van der Waals surface area contributed by atoms with Gasteiger partial charge < -0.3 is 20.1 Å². The Hall–Kier alpha value is -1.75. The van der Waals surface area contributed by atoms with Gasteiger partial charge in [0.1, 0.15) is 18.9 Å².